The number of aromatic amines is 1. The number of nitrogens with one attached hydrogen (secondary N) is 2. The average molecular weight is 597 g/mol. The Balaban J connectivity index is 1.68. The Kier molecular flexibility index (Phi) is 8.30. The highest BCUT2D eigenvalue weighted by Crippen LogP contribution is 2.54. The van der Waals surface area contributed by atoms with E-state index in [1.165, 1.54) is 32.9 Å². The summed E-state index contributed by atoms with van der Waals surface area (Å²) < 4.78 is 64.5. The fourth-order valence-corrected chi connectivity index (χ4v) is 5.87. The lowest BCUT2D eigenvalue weighted by Crippen LogP contribution is -2.51. The van der Waals surface area contributed by atoms with Crippen LogP contribution in [0.3, 0.4) is 0 Å². The lowest BCUT2D eigenvalue weighted by atomic mass is 10.0. The number of ether oxygens (including phenoxy) is 4. The highest BCUT2D eigenvalue weighted by atomic mass is 31.2. The second kappa shape index (κ2) is 11.1. The van der Waals surface area contributed by atoms with Crippen molar-refractivity contribution in [3.8, 4) is 11.8 Å². The molecule has 2 aromatic rings. The van der Waals surface area contributed by atoms with E-state index in [9.17, 15) is 24.2 Å². The molecule has 3 heterocycles. The molecule has 2 aliphatic rings. The highest BCUT2D eigenvalue weighted by Gasteiger charge is 2.72. The van der Waals surface area contributed by atoms with Gasteiger partial charge < -0.3 is 18.7 Å². The molecule has 1 aromatic heterocycles. The number of nitrogens with zero attached hydrogens (tertiary/aromatic N) is 2. The van der Waals surface area contributed by atoms with E-state index in [1.54, 1.807) is 38.1 Å². The molecule has 0 spiro atoms. The first-order chi connectivity index (χ1) is 19.1. The van der Waals surface area contributed by atoms with Crippen molar-refractivity contribution in [1.29, 1.82) is 5.26 Å². The second-order valence-electron chi connectivity index (χ2n) is 10.2. The topological polar surface area (TPSA) is 180 Å². The van der Waals surface area contributed by atoms with Crippen LogP contribution in [0, 0.1) is 11.3 Å². The first kappa shape index (κ1) is 30.6. The standard InChI is InChI=1S/C25H30FN4O10P/c1-15(2)36-21(32)16(3)29-41(34,39-17-9-7-6-8-10-17)35-14-24(26)19-20(38-23(4,5)37-19)25(13-27,40-24)30-12-11-18(31)28-22(30)33/h6-12,15-16,19-20H,14H2,1-5H3,(H,29,34)(H,28,31,33)/t16-,19-,20+,24+,25+,41-/m0/s1. The zero-order valence-corrected chi connectivity index (χ0v) is 23.8. The van der Waals surface area contributed by atoms with Crippen LogP contribution in [-0.4, -0.2) is 58.1 Å². The van der Waals surface area contributed by atoms with Crippen molar-refractivity contribution in [3.63, 3.8) is 0 Å². The summed E-state index contributed by atoms with van der Waals surface area (Å²) in [5, 5.41) is 12.6. The molecular formula is C25H30FN4O10P. The van der Waals surface area contributed by atoms with Gasteiger partial charge in [-0.3, -0.25) is 28.4 Å². The van der Waals surface area contributed by atoms with E-state index < -0.39 is 73.3 Å². The number of hydrogen-bond acceptors (Lipinski definition) is 11. The molecule has 2 fully saturated rings. The van der Waals surface area contributed by atoms with Crippen molar-refractivity contribution in [3.05, 3.63) is 63.4 Å². The Bertz CT molecular complexity index is 1490. The summed E-state index contributed by atoms with van der Waals surface area (Å²) in [6, 6.07) is 9.26. The van der Waals surface area contributed by atoms with Crippen LogP contribution in [0.15, 0.2) is 52.2 Å². The van der Waals surface area contributed by atoms with E-state index in [1.807, 2.05) is 4.98 Å². The molecule has 2 aliphatic heterocycles. The Morgan fingerprint density at radius 1 is 1.20 bits per heavy atom. The molecule has 0 aliphatic carbocycles. The van der Waals surface area contributed by atoms with Gasteiger partial charge in [0.1, 0.15) is 24.5 Å². The molecule has 222 valence electrons. The summed E-state index contributed by atoms with van der Waals surface area (Å²) >= 11 is 0. The summed E-state index contributed by atoms with van der Waals surface area (Å²) in [5.74, 6) is -5.20. The Morgan fingerprint density at radius 2 is 1.85 bits per heavy atom. The zero-order valence-electron chi connectivity index (χ0n) is 22.9. The van der Waals surface area contributed by atoms with Gasteiger partial charge in [-0.1, -0.05) is 18.2 Å². The molecule has 41 heavy (non-hydrogen) atoms. The first-order valence-electron chi connectivity index (χ1n) is 12.6. The lowest BCUT2D eigenvalue weighted by molar-refractivity contribution is -0.281. The van der Waals surface area contributed by atoms with E-state index in [-0.39, 0.29) is 5.75 Å². The molecule has 14 nitrogen and oxygen atoms in total. The Labute approximate surface area is 233 Å². The molecule has 4 rings (SSSR count). The number of hydrogen-bond donors (Lipinski definition) is 2. The van der Waals surface area contributed by atoms with Crippen LogP contribution in [-0.2, 0) is 38.6 Å². The van der Waals surface area contributed by atoms with Crippen LogP contribution < -0.4 is 20.9 Å². The highest BCUT2D eigenvalue weighted by molar-refractivity contribution is 7.52. The number of fused-ring (bicyclic) bond motifs is 1. The molecule has 0 radical (unpaired) electrons. The fourth-order valence-electron chi connectivity index (χ4n) is 4.36. The van der Waals surface area contributed by atoms with Gasteiger partial charge in [-0.15, -0.1) is 0 Å². The minimum atomic E-state index is -4.56. The molecule has 0 amide bonds. The number of carbonyl (C=O) groups is 1. The van der Waals surface area contributed by atoms with Crippen LogP contribution >= 0.6 is 7.75 Å². The third-order valence-electron chi connectivity index (χ3n) is 6.03. The van der Waals surface area contributed by atoms with E-state index in [0.717, 1.165) is 12.3 Å². The predicted molar refractivity (Wildman–Crippen MR) is 138 cm³/mol. The van der Waals surface area contributed by atoms with Crippen LogP contribution in [0.4, 0.5) is 4.39 Å². The number of benzene rings is 1. The second-order valence-corrected chi connectivity index (χ2v) is 11.9. The molecule has 16 heteroatoms. The van der Waals surface area contributed by atoms with Crippen LogP contribution in [0.5, 0.6) is 5.75 Å². The quantitative estimate of drug-likeness (QED) is 0.302. The summed E-state index contributed by atoms with van der Waals surface area (Å²) in [7, 11) is -4.56. The minimum Gasteiger partial charge on any atom is -0.462 e. The minimum absolute atomic E-state index is 0.0682. The number of esters is 1. The largest absolute Gasteiger partial charge is 0.462 e. The molecule has 2 saturated heterocycles. The van der Waals surface area contributed by atoms with Crippen molar-refractivity contribution in [1.82, 2.24) is 14.6 Å². The lowest BCUT2D eigenvalue weighted by Gasteiger charge is -2.32. The summed E-state index contributed by atoms with van der Waals surface area (Å²) in [6.45, 7) is 6.35. The van der Waals surface area contributed by atoms with Gasteiger partial charge >= 0.3 is 19.4 Å². The number of para-hydroxylation sites is 1. The van der Waals surface area contributed by atoms with Crippen molar-refractivity contribution >= 4 is 13.7 Å². The van der Waals surface area contributed by atoms with Gasteiger partial charge in [-0.2, -0.15) is 10.3 Å². The summed E-state index contributed by atoms with van der Waals surface area (Å²) in [5.41, 5.74) is -4.31. The Hall–Kier alpha value is -3.38. The van der Waals surface area contributed by atoms with Gasteiger partial charge in [0, 0.05) is 12.3 Å². The van der Waals surface area contributed by atoms with Gasteiger partial charge in [0.15, 0.2) is 18.0 Å². The number of aromatic nitrogens is 2. The normalized spacial score (nSPS) is 28.8. The van der Waals surface area contributed by atoms with Crippen LogP contribution in [0.1, 0.15) is 34.6 Å². The van der Waals surface area contributed by atoms with Crippen molar-refractivity contribution < 1.29 is 41.7 Å². The maximum atomic E-state index is 16.7. The number of carbonyl (C=O) groups excluding carboxylic acids is 1. The fraction of sp³-hybridized carbons (Fsp3) is 0.520. The molecule has 0 bridgehead atoms. The predicted octanol–water partition coefficient (Wildman–Crippen LogP) is 2.06. The van der Waals surface area contributed by atoms with Crippen molar-refractivity contribution in [2.24, 2.45) is 0 Å². The number of H-pyrrole nitrogens is 1. The smallest absolute Gasteiger partial charge is 0.459 e. The van der Waals surface area contributed by atoms with E-state index >= 15 is 4.39 Å². The summed E-state index contributed by atoms with van der Waals surface area (Å²) in [4.78, 5) is 38.7. The molecular weight excluding hydrogens is 566 g/mol. The van der Waals surface area contributed by atoms with Crippen molar-refractivity contribution in [2.45, 2.75) is 76.3 Å². The SMILES string of the molecule is CC(C)OC(=O)[C@H](C)N[P@](=O)(OC[C@@]1(F)O[C@@](C#N)(n2ccc(=O)[nH]c2=O)[C@@H]2OC(C)(C)O[C@@H]21)Oc1ccccc1. The van der Waals surface area contributed by atoms with E-state index in [4.69, 9.17) is 28.0 Å². The number of halogens is 1. The third kappa shape index (κ3) is 6.28. The zero-order chi connectivity index (χ0) is 30.2. The third-order valence-corrected chi connectivity index (χ3v) is 7.66. The van der Waals surface area contributed by atoms with Gasteiger partial charge in [0.05, 0.1) is 6.10 Å². The van der Waals surface area contributed by atoms with Crippen LogP contribution in [0.25, 0.3) is 0 Å². The molecule has 1 aromatic carbocycles. The number of alkyl halides is 1. The molecule has 2 N–H and O–H groups in total. The van der Waals surface area contributed by atoms with Gasteiger partial charge in [-0.25, -0.2) is 13.8 Å². The van der Waals surface area contributed by atoms with Gasteiger partial charge in [0.25, 0.3) is 17.1 Å². The van der Waals surface area contributed by atoms with E-state index in [2.05, 4.69) is 5.09 Å². The monoisotopic (exact) mass is 596 g/mol. The maximum absolute atomic E-state index is 16.7. The molecule has 6 atom stereocenters. The summed E-state index contributed by atoms with van der Waals surface area (Å²) in [6.07, 6.45) is -2.74. The van der Waals surface area contributed by atoms with Gasteiger partial charge in [0.2, 0.25) is 0 Å². The number of rotatable bonds is 10. The maximum Gasteiger partial charge on any atom is 0.459 e. The number of nitriles is 1. The average Bonchev–Trinajstić information content (AvgIpc) is 3.33. The van der Waals surface area contributed by atoms with Crippen molar-refractivity contribution in [2.75, 3.05) is 6.61 Å². The molecule has 0 saturated carbocycles. The van der Waals surface area contributed by atoms with E-state index in [0.29, 0.717) is 4.57 Å². The Morgan fingerprint density at radius 3 is 2.46 bits per heavy atom. The van der Waals surface area contributed by atoms with Gasteiger partial charge in [-0.05, 0) is 46.8 Å². The first-order valence-corrected chi connectivity index (χ1v) is 14.1. The van der Waals surface area contributed by atoms with Crippen LogP contribution in [0.2, 0.25) is 0 Å². The molecule has 0 unspecified atom stereocenters.